The second-order valence-electron chi connectivity index (χ2n) is 5.92. The van der Waals surface area contributed by atoms with E-state index < -0.39 is 5.97 Å². The van der Waals surface area contributed by atoms with Crippen molar-refractivity contribution in [2.75, 3.05) is 0 Å². The summed E-state index contributed by atoms with van der Waals surface area (Å²) in [4.78, 5) is 11.1. The van der Waals surface area contributed by atoms with Gasteiger partial charge in [-0.2, -0.15) is 5.10 Å². The molecule has 1 heterocycles. The van der Waals surface area contributed by atoms with Crippen molar-refractivity contribution in [2.24, 2.45) is 0 Å². The third-order valence-corrected chi connectivity index (χ3v) is 4.58. The van der Waals surface area contributed by atoms with E-state index in [1.54, 1.807) is 0 Å². The van der Waals surface area contributed by atoms with E-state index in [0.717, 1.165) is 41.1 Å². The molecule has 0 aliphatic heterocycles. The van der Waals surface area contributed by atoms with Gasteiger partial charge in [-0.05, 0) is 55.4 Å². The van der Waals surface area contributed by atoms with Crippen molar-refractivity contribution < 1.29 is 9.90 Å². The summed E-state index contributed by atoms with van der Waals surface area (Å²) in [7, 11) is 0. The van der Waals surface area contributed by atoms with Crippen LogP contribution in [0.3, 0.4) is 0 Å². The number of benzene rings is 1. The first-order valence-corrected chi connectivity index (χ1v) is 7.95. The van der Waals surface area contributed by atoms with Gasteiger partial charge in [0.05, 0.1) is 18.7 Å². The molecule has 1 aromatic heterocycles. The topological polar surface area (TPSA) is 55.1 Å². The molecule has 1 aliphatic rings. The third-order valence-electron chi connectivity index (χ3n) is 4.32. The van der Waals surface area contributed by atoms with Gasteiger partial charge in [-0.25, -0.2) is 0 Å². The van der Waals surface area contributed by atoms with Crippen molar-refractivity contribution >= 4 is 17.6 Å². The fourth-order valence-corrected chi connectivity index (χ4v) is 3.53. The molecular weight excluding hydrogens is 300 g/mol. The van der Waals surface area contributed by atoms with Crippen molar-refractivity contribution in [3.05, 3.63) is 51.8 Å². The van der Waals surface area contributed by atoms with Gasteiger partial charge in [0.25, 0.3) is 0 Å². The van der Waals surface area contributed by atoms with Gasteiger partial charge >= 0.3 is 5.97 Å². The molecule has 1 N–H and O–H groups in total. The lowest BCUT2D eigenvalue weighted by atomic mass is 9.83. The molecule has 22 heavy (non-hydrogen) atoms. The van der Waals surface area contributed by atoms with Crippen LogP contribution in [-0.2, 0) is 17.8 Å². The quantitative estimate of drug-likeness (QED) is 0.933. The summed E-state index contributed by atoms with van der Waals surface area (Å²) in [5.74, 6) is -0.636. The van der Waals surface area contributed by atoms with Gasteiger partial charge in [0.15, 0.2) is 0 Å². The zero-order chi connectivity index (χ0) is 15.7. The van der Waals surface area contributed by atoms with E-state index in [9.17, 15) is 4.79 Å². The van der Waals surface area contributed by atoms with Crippen LogP contribution in [0.4, 0.5) is 0 Å². The van der Waals surface area contributed by atoms with Crippen LogP contribution < -0.4 is 0 Å². The monoisotopic (exact) mass is 318 g/mol. The third kappa shape index (κ3) is 3.02. The van der Waals surface area contributed by atoms with Crippen LogP contribution in [0.15, 0.2) is 24.3 Å². The summed E-state index contributed by atoms with van der Waals surface area (Å²) in [6, 6.07) is 7.77. The summed E-state index contributed by atoms with van der Waals surface area (Å²) in [6.07, 6.45) is 3.13. The van der Waals surface area contributed by atoms with Gasteiger partial charge in [-0.3, -0.25) is 9.48 Å². The number of carboxylic acids is 1. The van der Waals surface area contributed by atoms with Crippen LogP contribution in [0.1, 0.15) is 47.7 Å². The van der Waals surface area contributed by atoms with Crippen molar-refractivity contribution in [1.29, 1.82) is 0 Å². The minimum absolute atomic E-state index is 0.0974. The highest BCUT2D eigenvalue weighted by atomic mass is 35.5. The summed E-state index contributed by atoms with van der Waals surface area (Å²) < 4.78 is 2.03. The van der Waals surface area contributed by atoms with E-state index in [0.29, 0.717) is 6.54 Å². The lowest BCUT2D eigenvalue weighted by Gasteiger charge is -2.22. The van der Waals surface area contributed by atoms with Crippen molar-refractivity contribution in [3.63, 3.8) is 0 Å². The number of aromatic nitrogens is 2. The number of aliphatic carboxylic acids is 1. The molecular formula is C17H19ClN2O2. The Labute approximate surface area is 134 Å². The van der Waals surface area contributed by atoms with Crippen LogP contribution in [0.5, 0.6) is 0 Å². The predicted molar refractivity (Wildman–Crippen MR) is 85.4 cm³/mol. The molecule has 0 amide bonds. The second-order valence-corrected chi connectivity index (χ2v) is 6.35. The number of hydrogen-bond acceptors (Lipinski definition) is 2. The van der Waals surface area contributed by atoms with Gasteiger partial charge in [-0.15, -0.1) is 0 Å². The van der Waals surface area contributed by atoms with Gasteiger partial charge in [-0.1, -0.05) is 23.7 Å². The number of fused-ring (bicyclic) bond motifs is 1. The maximum atomic E-state index is 11.1. The average molecular weight is 319 g/mol. The average Bonchev–Trinajstić information content (AvgIpc) is 2.78. The lowest BCUT2D eigenvalue weighted by molar-refractivity contribution is -0.137. The van der Waals surface area contributed by atoms with Gasteiger partial charge < -0.3 is 5.11 Å². The van der Waals surface area contributed by atoms with Crippen LogP contribution in [0.25, 0.3) is 0 Å². The Bertz CT molecular complexity index is 691. The molecule has 1 unspecified atom stereocenters. The molecule has 1 aromatic carbocycles. The van der Waals surface area contributed by atoms with Crippen molar-refractivity contribution in [2.45, 2.75) is 45.1 Å². The summed E-state index contributed by atoms with van der Waals surface area (Å²) in [6.45, 7) is 2.69. The Hall–Kier alpha value is -1.81. The van der Waals surface area contributed by atoms with Crippen LogP contribution >= 0.6 is 11.6 Å². The predicted octanol–water partition coefficient (Wildman–Crippen LogP) is 3.79. The molecule has 1 aliphatic carbocycles. The van der Waals surface area contributed by atoms with Gasteiger partial charge in [0.2, 0.25) is 0 Å². The second kappa shape index (κ2) is 6.13. The summed E-state index contributed by atoms with van der Waals surface area (Å²) >= 11 is 5.92. The molecule has 2 aromatic rings. The molecule has 116 valence electrons. The molecule has 0 radical (unpaired) electrons. The highest BCUT2D eigenvalue weighted by Gasteiger charge is 2.28. The van der Waals surface area contributed by atoms with Crippen LogP contribution in [0.2, 0.25) is 5.02 Å². The Morgan fingerprint density at radius 2 is 2.14 bits per heavy atom. The van der Waals surface area contributed by atoms with Crippen molar-refractivity contribution in [3.8, 4) is 0 Å². The first-order valence-electron chi connectivity index (χ1n) is 7.57. The summed E-state index contributed by atoms with van der Waals surface area (Å²) in [5.41, 5.74) is 4.47. The number of carbonyl (C=O) groups is 1. The number of halogens is 1. The zero-order valence-electron chi connectivity index (χ0n) is 12.6. The van der Waals surface area contributed by atoms with E-state index in [1.165, 1.54) is 5.69 Å². The minimum Gasteiger partial charge on any atom is -0.481 e. The van der Waals surface area contributed by atoms with Crippen LogP contribution in [0, 0.1) is 6.92 Å². The molecule has 0 saturated heterocycles. The molecule has 1 atom stereocenters. The maximum Gasteiger partial charge on any atom is 0.303 e. The Kier molecular flexibility index (Phi) is 4.21. The highest BCUT2D eigenvalue weighted by molar-refractivity contribution is 6.30. The lowest BCUT2D eigenvalue weighted by Crippen LogP contribution is -2.16. The summed E-state index contributed by atoms with van der Waals surface area (Å²) in [5, 5.41) is 14.5. The normalized spacial score (nSPS) is 17.3. The van der Waals surface area contributed by atoms with E-state index in [1.807, 2.05) is 35.9 Å². The van der Waals surface area contributed by atoms with E-state index in [2.05, 4.69) is 5.10 Å². The largest absolute Gasteiger partial charge is 0.481 e. The fourth-order valence-electron chi connectivity index (χ4n) is 3.41. The molecule has 5 heteroatoms. The Morgan fingerprint density at radius 1 is 1.41 bits per heavy atom. The maximum absolute atomic E-state index is 11.1. The number of aryl methyl sites for hydroxylation is 1. The molecule has 0 saturated carbocycles. The van der Waals surface area contributed by atoms with E-state index in [4.69, 9.17) is 16.7 Å². The SMILES string of the molecule is Cc1nn(Cc2ccc(Cl)cc2)c2c1C(CC(=O)O)CCC2. The number of rotatable bonds is 4. The molecule has 0 bridgehead atoms. The van der Waals surface area contributed by atoms with Gasteiger partial charge in [0, 0.05) is 10.7 Å². The van der Waals surface area contributed by atoms with Crippen LogP contribution in [-0.4, -0.2) is 20.9 Å². The molecule has 0 spiro atoms. The molecule has 0 fully saturated rings. The number of carboxylic acid groups (broad SMARTS) is 1. The molecule has 4 nitrogen and oxygen atoms in total. The number of hydrogen-bond donors (Lipinski definition) is 1. The Morgan fingerprint density at radius 3 is 2.82 bits per heavy atom. The Balaban J connectivity index is 1.91. The van der Waals surface area contributed by atoms with Crippen molar-refractivity contribution in [1.82, 2.24) is 9.78 Å². The minimum atomic E-state index is -0.734. The first-order chi connectivity index (χ1) is 10.5. The standard InChI is InChI=1S/C17H19ClN2O2/c1-11-17-13(9-16(21)22)3-2-4-15(17)20(19-11)10-12-5-7-14(18)8-6-12/h5-8,13H,2-4,9-10H2,1H3,(H,21,22). The fraction of sp³-hybridized carbons (Fsp3) is 0.412. The molecule has 3 rings (SSSR count). The zero-order valence-corrected chi connectivity index (χ0v) is 13.3. The van der Waals surface area contributed by atoms with Gasteiger partial charge in [0.1, 0.15) is 0 Å². The van der Waals surface area contributed by atoms with E-state index in [-0.39, 0.29) is 12.3 Å². The van der Waals surface area contributed by atoms with E-state index >= 15 is 0 Å². The first kappa shape index (κ1) is 15.1. The smallest absolute Gasteiger partial charge is 0.303 e. The number of nitrogens with zero attached hydrogens (tertiary/aromatic N) is 2. The highest BCUT2D eigenvalue weighted by Crippen LogP contribution is 2.36.